The minimum Gasteiger partial charge on any atom is -0.481 e. The zero-order chi connectivity index (χ0) is 12.7. The van der Waals surface area contributed by atoms with E-state index in [0.29, 0.717) is 24.7 Å². The maximum Gasteiger partial charge on any atom is 0.303 e. The monoisotopic (exact) mass is 237 g/mol. The second kappa shape index (κ2) is 6.83. The summed E-state index contributed by atoms with van der Waals surface area (Å²) < 4.78 is 0. The van der Waals surface area contributed by atoms with Crippen LogP contribution in [0, 0.1) is 5.92 Å². The van der Waals surface area contributed by atoms with E-state index in [1.54, 1.807) is 0 Å². The van der Waals surface area contributed by atoms with Crippen molar-refractivity contribution < 1.29 is 9.90 Å². The minimum atomic E-state index is -0.773. The molecule has 0 aliphatic heterocycles. The second-order valence-corrected chi connectivity index (χ2v) is 4.43. The Morgan fingerprint density at radius 3 is 2.71 bits per heavy atom. The van der Waals surface area contributed by atoms with Crippen LogP contribution in [0.15, 0.2) is 12.1 Å². The zero-order valence-corrected chi connectivity index (χ0v) is 10.3. The molecule has 0 aromatic carbocycles. The average Bonchev–Trinajstić information content (AvgIpc) is 2.25. The van der Waals surface area contributed by atoms with E-state index in [0.717, 1.165) is 12.1 Å². The lowest BCUT2D eigenvalue weighted by atomic mass is 10.1. The lowest BCUT2D eigenvalue weighted by Crippen LogP contribution is -2.07. The maximum absolute atomic E-state index is 10.3. The van der Waals surface area contributed by atoms with Gasteiger partial charge in [-0.3, -0.25) is 4.79 Å². The van der Waals surface area contributed by atoms with E-state index in [9.17, 15) is 4.79 Å². The number of nitrogens with one attached hydrogen (secondary N) is 1. The summed E-state index contributed by atoms with van der Waals surface area (Å²) in [7, 11) is 0. The van der Waals surface area contributed by atoms with Crippen LogP contribution in [0.5, 0.6) is 0 Å². The van der Waals surface area contributed by atoms with Gasteiger partial charge in [0.25, 0.3) is 0 Å². The van der Waals surface area contributed by atoms with Crippen molar-refractivity contribution in [2.45, 2.75) is 33.1 Å². The number of aromatic nitrogens is 2. The van der Waals surface area contributed by atoms with Gasteiger partial charge < -0.3 is 10.4 Å². The summed E-state index contributed by atoms with van der Waals surface area (Å²) in [5.41, 5.74) is 0.982. The third-order valence-corrected chi connectivity index (χ3v) is 2.21. The molecule has 94 valence electrons. The molecule has 5 heteroatoms. The molecule has 5 nitrogen and oxygen atoms in total. The molecule has 1 heterocycles. The third-order valence-electron chi connectivity index (χ3n) is 2.21. The van der Waals surface area contributed by atoms with Crippen molar-refractivity contribution in [3.8, 4) is 0 Å². The molecular formula is C12H19N3O2. The van der Waals surface area contributed by atoms with E-state index < -0.39 is 5.97 Å². The van der Waals surface area contributed by atoms with E-state index in [1.165, 1.54) is 0 Å². The smallest absolute Gasteiger partial charge is 0.303 e. The Bertz CT molecular complexity index is 349. The molecule has 1 rings (SSSR count). The number of carboxylic acids is 1. The molecule has 0 saturated heterocycles. The standard InChI is InChI=1S/C12H19N3O2/c1-9(2)8-10-5-6-11(15-14-10)13-7-3-4-12(16)17/h5-6,9H,3-4,7-8H2,1-2H3,(H,13,15)(H,16,17). The lowest BCUT2D eigenvalue weighted by molar-refractivity contribution is -0.137. The summed E-state index contributed by atoms with van der Waals surface area (Å²) in [6, 6.07) is 3.83. The Morgan fingerprint density at radius 1 is 1.41 bits per heavy atom. The zero-order valence-electron chi connectivity index (χ0n) is 10.3. The van der Waals surface area contributed by atoms with Gasteiger partial charge in [-0.15, -0.1) is 5.10 Å². The van der Waals surface area contributed by atoms with Gasteiger partial charge in [0.15, 0.2) is 0 Å². The van der Waals surface area contributed by atoms with Crippen molar-refractivity contribution in [1.29, 1.82) is 0 Å². The predicted molar refractivity (Wildman–Crippen MR) is 65.9 cm³/mol. The first-order valence-corrected chi connectivity index (χ1v) is 5.86. The number of hydrogen-bond donors (Lipinski definition) is 2. The Hall–Kier alpha value is -1.65. The highest BCUT2D eigenvalue weighted by Crippen LogP contribution is 2.07. The van der Waals surface area contributed by atoms with Crippen LogP contribution >= 0.6 is 0 Å². The van der Waals surface area contributed by atoms with Gasteiger partial charge in [0.2, 0.25) is 0 Å². The molecule has 0 spiro atoms. The highest BCUT2D eigenvalue weighted by molar-refractivity contribution is 5.66. The summed E-state index contributed by atoms with van der Waals surface area (Å²) in [6.07, 6.45) is 1.68. The molecule has 1 aromatic rings. The summed E-state index contributed by atoms with van der Waals surface area (Å²) in [5, 5.41) is 19.7. The van der Waals surface area contributed by atoms with Gasteiger partial charge in [0.1, 0.15) is 5.82 Å². The predicted octanol–water partition coefficient (Wildman–Crippen LogP) is 1.95. The molecule has 0 aliphatic rings. The highest BCUT2D eigenvalue weighted by atomic mass is 16.4. The van der Waals surface area contributed by atoms with Crippen molar-refractivity contribution in [3.63, 3.8) is 0 Å². The topological polar surface area (TPSA) is 75.1 Å². The molecule has 2 N–H and O–H groups in total. The van der Waals surface area contributed by atoms with Crippen LogP contribution in [0.1, 0.15) is 32.4 Å². The van der Waals surface area contributed by atoms with Crippen LogP contribution in [-0.4, -0.2) is 27.8 Å². The Balaban J connectivity index is 2.32. The van der Waals surface area contributed by atoms with Gasteiger partial charge in [-0.1, -0.05) is 13.8 Å². The van der Waals surface area contributed by atoms with Gasteiger partial charge in [0, 0.05) is 13.0 Å². The largest absolute Gasteiger partial charge is 0.481 e. The van der Waals surface area contributed by atoms with Crippen molar-refractivity contribution in [2.24, 2.45) is 5.92 Å². The highest BCUT2D eigenvalue weighted by Gasteiger charge is 2.01. The SMILES string of the molecule is CC(C)Cc1ccc(NCCCC(=O)O)nn1. The van der Waals surface area contributed by atoms with Crippen LogP contribution in [0.25, 0.3) is 0 Å². The second-order valence-electron chi connectivity index (χ2n) is 4.43. The maximum atomic E-state index is 10.3. The molecular weight excluding hydrogens is 218 g/mol. The number of hydrogen-bond acceptors (Lipinski definition) is 4. The minimum absolute atomic E-state index is 0.172. The van der Waals surface area contributed by atoms with Crippen LogP contribution in [0.3, 0.4) is 0 Å². The van der Waals surface area contributed by atoms with Gasteiger partial charge in [-0.05, 0) is 30.9 Å². The molecule has 0 bridgehead atoms. The molecule has 0 amide bonds. The van der Waals surface area contributed by atoms with E-state index in [1.807, 2.05) is 12.1 Å². The fourth-order valence-corrected chi connectivity index (χ4v) is 1.44. The van der Waals surface area contributed by atoms with Crippen molar-refractivity contribution in [2.75, 3.05) is 11.9 Å². The molecule has 0 fully saturated rings. The first-order valence-electron chi connectivity index (χ1n) is 5.86. The third kappa shape index (κ3) is 5.85. The summed E-state index contributed by atoms with van der Waals surface area (Å²) in [5.74, 6) is 0.492. The van der Waals surface area contributed by atoms with Gasteiger partial charge in [-0.2, -0.15) is 5.10 Å². The Morgan fingerprint density at radius 2 is 2.18 bits per heavy atom. The number of aliphatic carboxylic acids is 1. The van der Waals surface area contributed by atoms with E-state index in [2.05, 4.69) is 29.4 Å². The molecule has 17 heavy (non-hydrogen) atoms. The molecule has 0 saturated carbocycles. The van der Waals surface area contributed by atoms with Crippen molar-refractivity contribution in [1.82, 2.24) is 10.2 Å². The number of carbonyl (C=O) groups is 1. The molecule has 0 aliphatic carbocycles. The van der Waals surface area contributed by atoms with Crippen LogP contribution in [-0.2, 0) is 11.2 Å². The van der Waals surface area contributed by atoms with Gasteiger partial charge in [-0.25, -0.2) is 0 Å². The summed E-state index contributed by atoms with van der Waals surface area (Å²) in [4.78, 5) is 10.3. The fraction of sp³-hybridized carbons (Fsp3) is 0.583. The number of rotatable bonds is 7. The van der Waals surface area contributed by atoms with Crippen molar-refractivity contribution in [3.05, 3.63) is 17.8 Å². The summed E-state index contributed by atoms with van der Waals surface area (Å²) >= 11 is 0. The quantitative estimate of drug-likeness (QED) is 0.709. The fourth-order valence-electron chi connectivity index (χ4n) is 1.44. The van der Waals surface area contributed by atoms with E-state index in [-0.39, 0.29) is 6.42 Å². The van der Waals surface area contributed by atoms with Gasteiger partial charge in [0.05, 0.1) is 5.69 Å². The van der Waals surface area contributed by atoms with Crippen LogP contribution < -0.4 is 5.32 Å². The molecule has 0 radical (unpaired) electrons. The van der Waals surface area contributed by atoms with Gasteiger partial charge >= 0.3 is 5.97 Å². The molecule has 0 unspecified atom stereocenters. The van der Waals surface area contributed by atoms with E-state index >= 15 is 0 Å². The summed E-state index contributed by atoms with van der Waals surface area (Å²) in [6.45, 7) is 4.88. The Labute approximate surface area is 101 Å². The van der Waals surface area contributed by atoms with Crippen molar-refractivity contribution >= 4 is 11.8 Å². The lowest BCUT2D eigenvalue weighted by Gasteiger charge is -2.06. The first-order chi connectivity index (χ1) is 8.08. The number of anilines is 1. The van der Waals surface area contributed by atoms with Crippen LogP contribution in [0.2, 0.25) is 0 Å². The van der Waals surface area contributed by atoms with E-state index in [4.69, 9.17) is 5.11 Å². The number of carboxylic acid groups (broad SMARTS) is 1. The average molecular weight is 237 g/mol. The Kier molecular flexibility index (Phi) is 5.39. The number of nitrogens with zero attached hydrogens (tertiary/aromatic N) is 2. The molecule has 1 aromatic heterocycles. The molecule has 0 atom stereocenters. The normalized spacial score (nSPS) is 10.5. The first kappa shape index (κ1) is 13.4. The van der Waals surface area contributed by atoms with Crippen LogP contribution in [0.4, 0.5) is 5.82 Å².